The molecule has 1 aliphatic rings. The third kappa shape index (κ3) is 2.07. The molecule has 1 aromatic heterocycles. The maximum atomic E-state index is 12.0. The molecule has 1 aliphatic carbocycles. The van der Waals surface area contributed by atoms with Gasteiger partial charge in [0.1, 0.15) is 0 Å². The van der Waals surface area contributed by atoms with E-state index in [-0.39, 0.29) is 12.5 Å². The Balaban J connectivity index is 1.99. The van der Waals surface area contributed by atoms with Gasteiger partial charge >= 0.3 is 0 Å². The molecule has 1 heterocycles. The summed E-state index contributed by atoms with van der Waals surface area (Å²) in [4.78, 5) is 17.6. The molecule has 86 valence electrons. The topological polar surface area (TPSA) is 53.4 Å². The number of carbonyl (C=O) groups excluding carboxylic acids is 1. The summed E-state index contributed by atoms with van der Waals surface area (Å²) in [5, 5.41) is 9.18. The van der Waals surface area contributed by atoms with Crippen molar-refractivity contribution in [3.05, 3.63) is 30.1 Å². The second kappa shape index (κ2) is 4.22. The van der Waals surface area contributed by atoms with E-state index in [4.69, 9.17) is 0 Å². The van der Waals surface area contributed by atoms with Crippen molar-refractivity contribution in [2.24, 2.45) is 5.41 Å². The van der Waals surface area contributed by atoms with E-state index < -0.39 is 5.41 Å². The monoisotopic (exact) mass is 220 g/mol. The molecule has 1 N–H and O–H groups in total. The highest BCUT2D eigenvalue weighted by Crippen LogP contribution is 2.46. The molecule has 16 heavy (non-hydrogen) atoms. The molecule has 0 bridgehead atoms. The first kappa shape index (κ1) is 11.1. The van der Waals surface area contributed by atoms with Gasteiger partial charge in [0.15, 0.2) is 0 Å². The zero-order chi connectivity index (χ0) is 11.6. The van der Waals surface area contributed by atoms with E-state index in [0.717, 1.165) is 18.4 Å². The van der Waals surface area contributed by atoms with Crippen LogP contribution in [0.3, 0.4) is 0 Å². The van der Waals surface area contributed by atoms with E-state index >= 15 is 0 Å². The zero-order valence-corrected chi connectivity index (χ0v) is 9.39. The highest BCUT2D eigenvalue weighted by atomic mass is 16.3. The van der Waals surface area contributed by atoms with E-state index in [1.807, 2.05) is 12.1 Å². The van der Waals surface area contributed by atoms with E-state index in [2.05, 4.69) is 4.98 Å². The minimum atomic E-state index is -0.470. The molecule has 4 heteroatoms. The number of aliphatic hydroxyl groups is 1. The van der Waals surface area contributed by atoms with Gasteiger partial charge in [0, 0.05) is 26.0 Å². The molecule has 0 saturated heterocycles. The summed E-state index contributed by atoms with van der Waals surface area (Å²) in [6.07, 6.45) is 5.05. The fraction of sp³-hybridized carbons (Fsp3) is 0.500. The van der Waals surface area contributed by atoms with Gasteiger partial charge in [0.2, 0.25) is 5.91 Å². The van der Waals surface area contributed by atoms with Crippen LogP contribution in [0.1, 0.15) is 18.4 Å². The fourth-order valence-corrected chi connectivity index (χ4v) is 1.83. The summed E-state index contributed by atoms with van der Waals surface area (Å²) in [6, 6.07) is 3.78. The molecule has 0 atom stereocenters. The molecule has 4 nitrogen and oxygen atoms in total. The van der Waals surface area contributed by atoms with Crippen LogP contribution in [-0.2, 0) is 11.3 Å². The quantitative estimate of drug-likeness (QED) is 0.817. The minimum absolute atomic E-state index is 0.0352. The van der Waals surface area contributed by atoms with Crippen molar-refractivity contribution in [2.75, 3.05) is 13.7 Å². The number of pyridine rings is 1. The average Bonchev–Trinajstić information content (AvgIpc) is 3.10. The van der Waals surface area contributed by atoms with Gasteiger partial charge in [-0.05, 0) is 30.5 Å². The number of carbonyl (C=O) groups is 1. The summed E-state index contributed by atoms with van der Waals surface area (Å²) in [6.45, 7) is 0.537. The molecule has 0 aromatic carbocycles. The van der Waals surface area contributed by atoms with E-state index in [0.29, 0.717) is 6.54 Å². The van der Waals surface area contributed by atoms with Gasteiger partial charge in [-0.2, -0.15) is 0 Å². The molecule has 1 saturated carbocycles. The predicted octanol–water partition coefficient (Wildman–Crippen LogP) is 0.812. The normalized spacial score (nSPS) is 16.9. The number of rotatable bonds is 4. The number of hydrogen-bond acceptors (Lipinski definition) is 3. The van der Waals surface area contributed by atoms with Crippen LogP contribution in [0.5, 0.6) is 0 Å². The molecule has 1 amide bonds. The Bertz CT molecular complexity index is 374. The third-order valence-electron chi connectivity index (χ3n) is 3.13. The van der Waals surface area contributed by atoms with Gasteiger partial charge in [-0.15, -0.1) is 0 Å². The van der Waals surface area contributed by atoms with Crippen molar-refractivity contribution in [3.63, 3.8) is 0 Å². The third-order valence-corrected chi connectivity index (χ3v) is 3.13. The minimum Gasteiger partial charge on any atom is -0.395 e. The summed E-state index contributed by atoms with van der Waals surface area (Å²) in [5.74, 6) is 0.0480. The van der Waals surface area contributed by atoms with Crippen molar-refractivity contribution in [3.8, 4) is 0 Å². The average molecular weight is 220 g/mol. The molecule has 1 fully saturated rings. The Kier molecular flexibility index (Phi) is 2.92. The summed E-state index contributed by atoms with van der Waals surface area (Å²) >= 11 is 0. The summed E-state index contributed by atoms with van der Waals surface area (Å²) in [5.41, 5.74) is 0.585. The lowest BCUT2D eigenvalue weighted by molar-refractivity contribution is -0.137. The molecule has 0 radical (unpaired) electrons. The van der Waals surface area contributed by atoms with Crippen molar-refractivity contribution in [1.82, 2.24) is 9.88 Å². The van der Waals surface area contributed by atoms with E-state index in [9.17, 15) is 9.90 Å². The van der Waals surface area contributed by atoms with Crippen molar-refractivity contribution in [1.29, 1.82) is 0 Å². The zero-order valence-electron chi connectivity index (χ0n) is 9.39. The van der Waals surface area contributed by atoms with Gasteiger partial charge in [-0.1, -0.05) is 0 Å². The smallest absolute Gasteiger partial charge is 0.231 e. The second-order valence-corrected chi connectivity index (χ2v) is 4.46. The standard InChI is InChI=1S/C12H16N2O2/c1-14(8-10-2-6-13-7-3-10)11(16)12(9-15)4-5-12/h2-3,6-7,15H,4-5,8-9H2,1H3. The first-order valence-electron chi connectivity index (χ1n) is 5.43. The van der Waals surface area contributed by atoms with Crippen LogP contribution in [0.15, 0.2) is 24.5 Å². The van der Waals surface area contributed by atoms with E-state index in [1.54, 1.807) is 24.3 Å². The van der Waals surface area contributed by atoms with Gasteiger partial charge in [-0.25, -0.2) is 0 Å². The van der Waals surface area contributed by atoms with Crippen LogP contribution < -0.4 is 0 Å². The lowest BCUT2D eigenvalue weighted by Gasteiger charge is -2.22. The first-order valence-corrected chi connectivity index (χ1v) is 5.43. The molecule has 0 unspecified atom stereocenters. The molecular formula is C12H16N2O2. The summed E-state index contributed by atoms with van der Waals surface area (Å²) in [7, 11) is 1.78. The van der Waals surface area contributed by atoms with Crippen LogP contribution in [0, 0.1) is 5.41 Å². The first-order chi connectivity index (χ1) is 7.68. The Labute approximate surface area is 94.9 Å². The van der Waals surface area contributed by atoms with Crippen molar-refractivity contribution < 1.29 is 9.90 Å². The number of amides is 1. The highest BCUT2D eigenvalue weighted by Gasteiger charge is 2.50. The van der Waals surface area contributed by atoms with Gasteiger partial charge in [-0.3, -0.25) is 9.78 Å². The second-order valence-electron chi connectivity index (χ2n) is 4.46. The fourth-order valence-electron chi connectivity index (χ4n) is 1.83. The van der Waals surface area contributed by atoms with Crippen LogP contribution >= 0.6 is 0 Å². The maximum absolute atomic E-state index is 12.0. The van der Waals surface area contributed by atoms with Crippen LogP contribution in [0.25, 0.3) is 0 Å². The predicted molar refractivity (Wildman–Crippen MR) is 59.5 cm³/mol. The maximum Gasteiger partial charge on any atom is 0.231 e. The Morgan fingerprint density at radius 2 is 2.12 bits per heavy atom. The van der Waals surface area contributed by atoms with Crippen molar-refractivity contribution >= 4 is 5.91 Å². The molecule has 1 aromatic rings. The van der Waals surface area contributed by atoms with Crippen LogP contribution in [0.4, 0.5) is 0 Å². The number of hydrogen-bond donors (Lipinski definition) is 1. The Morgan fingerprint density at radius 1 is 1.50 bits per heavy atom. The number of aliphatic hydroxyl groups excluding tert-OH is 1. The molecule has 0 spiro atoms. The lowest BCUT2D eigenvalue weighted by Crippen LogP contribution is -2.35. The van der Waals surface area contributed by atoms with Crippen LogP contribution in [-0.4, -0.2) is 34.6 Å². The van der Waals surface area contributed by atoms with Crippen molar-refractivity contribution in [2.45, 2.75) is 19.4 Å². The number of nitrogens with zero attached hydrogens (tertiary/aromatic N) is 2. The molecule has 2 rings (SSSR count). The van der Waals surface area contributed by atoms with E-state index in [1.165, 1.54) is 0 Å². The molecular weight excluding hydrogens is 204 g/mol. The Morgan fingerprint density at radius 3 is 2.62 bits per heavy atom. The number of aromatic nitrogens is 1. The van der Waals surface area contributed by atoms with Gasteiger partial charge in [0.05, 0.1) is 12.0 Å². The summed E-state index contributed by atoms with van der Waals surface area (Å²) < 4.78 is 0. The molecule has 0 aliphatic heterocycles. The Hall–Kier alpha value is -1.42. The van der Waals surface area contributed by atoms with Crippen LogP contribution in [0.2, 0.25) is 0 Å². The lowest BCUT2D eigenvalue weighted by atomic mass is 10.1. The largest absolute Gasteiger partial charge is 0.395 e. The highest BCUT2D eigenvalue weighted by molar-refractivity contribution is 5.85. The SMILES string of the molecule is CN(Cc1ccncc1)C(=O)C1(CO)CC1. The van der Waals surface area contributed by atoms with Gasteiger partial charge in [0.25, 0.3) is 0 Å². The van der Waals surface area contributed by atoms with Gasteiger partial charge < -0.3 is 10.0 Å².